The topological polar surface area (TPSA) is 64.4 Å². The molecular formula is C14H21N3O3. The Hall–Kier alpha value is -1.85. The van der Waals surface area contributed by atoms with Crippen LogP contribution in [0.15, 0.2) is 6.20 Å². The van der Waals surface area contributed by atoms with Crippen molar-refractivity contribution in [1.29, 1.82) is 0 Å². The molecule has 20 heavy (non-hydrogen) atoms. The third kappa shape index (κ3) is 3.00. The molecule has 0 atom stereocenters. The average molecular weight is 279 g/mol. The zero-order valence-electron chi connectivity index (χ0n) is 12.3. The van der Waals surface area contributed by atoms with Crippen molar-refractivity contribution in [2.45, 2.75) is 38.6 Å². The first-order valence-corrected chi connectivity index (χ1v) is 6.91. The minimum Gasteiger partial charge on any atom is -0.468 e. The lowest BCUT2D eigenvalue weighted by Crippen LogP contribution is -2.42. The van der Waals surface area contributed by atoms with Crippen LogP contribution in [0.2, 0.25) is 0 Å². The number of aryl methyl sites for hydroxylation is 2. The molecule has 0 spiro atoms. The van der Waals surface area contributed by atoms with Crippen molar-refractivity contribution in [2.75, 3.05) is 13.7 Å². The van der Waals surface area contributed by atoms with Gasteiger partial charge in [0.15, 0.2) is 0 Å². The number of esters is 1. The first-order chi connectivity index (χ1) is 9.52. The Morgan fingerprint density at radius 3 is 2.60 bits per heavy atom. The van der Waals surface area contributed by atoms with E-state index < -0.39 is 0 Å². The number of rotatable bonds is 4. The Morgan fingerprint density at radius 2 is 2.10 bits per heavy atom. The van der Waals surface area contributed by atoms with E-state index in [0.717, 1.165) is 25.7 Å². The number of hydrogen-bond donors (Lipinski definition) is 0. The van der Waals surface area contributed by atoms with Crippen LogP contribution in [-0.4, -0.2) is 46.3 Å². The molecule has 2 rings (SSSR count). The Balaban J connectivity index is 2.22. The predicted molar refractivity (Wildman–Crippen MR) is 73.3 cm³/mol. The number of aromatic nitrogens is 2. The lowest BCUT2D eigenvalue weighted by atomic mass is 10.1. The highest BCUT2D eigenvalue weighted by Crippen LogP contribution is 2.25. The Morgan fingerprint density at radius 1 is 1.45 bits per heavy atom. The van der Waals surface area contributed by atoms with Crippen LogP contribution >= 0.6 is 0 Å². The number of amides is 1. The van der Waals surface area contributed by atoms with Crippen LogP contribution in [-0.2, 0) is 16.6 Å². The van der Waals surface area contributed by atoms with E-state index >= 15 is 0 Å². The molecule has 1 amide bonds. The van der Waals surface area contributed by atoms with Crippen molar-refractivity contribution in [3.63, 3.8) is 0 Å². The molecule has 0 N–H and O–H groups in total. The lowest BCUT2D eigenvalue weighted by Gasteiger charge is -2.27. The van der Waals surface area contributed by atoms with Crippen LogP contribution in [0.4, 0.5) is 0 Å². The standard InChI is InChI=1S/C14H21N3O3/c1-10-12(8-16(2)15-10)14(19)17(9-13(18)20-3)11-6-4-5-7-11/h8,11H,4-7,9H2,1-3H3. The Kier molecular flexibility index (Phi) is 4.42. The highest BCUT2D eigenvalue weighted by molar-refractivity contribution is 5.97. The highest BCUT2D eigenvalue weighted by Gasteiger charge is 2.30. The smallest absolute Gasteiger partial charge is 0.325 e. The maximum atomic E-state index is 12.7. The molecule has 0 aliphatic heterocycles. The number of methoxy groups -OCH3 is 1. The van der Waals surface area contributed by atoms with Gasteiger partial charge >= 0.3 is 5.97 Å². The average Bonchev–Trinajstić information content (AvgIpc) is 3.04. The fourth-order valence-electron chi connectivity index (χ4n) is 2.75. The monoisotopic (exact) mass is 279 g/mol. The van der Waals surface area contributed by atoms with Crippen LogP contribution in [0.25, 0.3) is 0 Å². The summed E-state index contributed by atoms with van der Waals surface area (Å²) in [5.74, 6) is -0.514. The number of hydrogen-bond acceptors (Lipinski definition) is 4. The molecule has 0 aromatic carbocycles. The maximum absolute atomic E-state index is 12.7. The van der Waals surface area contributed by atoms with Crippen molar-refractivity contribution in [1.82, 2.24) is 14.7 Å². The van der Waals surface area contributed by atoms with Gasteiger partial charge in [-0.05, 0) is 19.8 Å². The summed E-state index contributed by atoms with van der Waals surface area (Å²) < 4.78 is 6.33. The molecule has 1 saturated carbocycles. The molecule has 1 aliphatic carbocycles. The number of carbonyl (C=O) groups excluding carboxylic acids is 2. The zero-order valence-corrected chi connectivity index (χ0v) is 12.3. The second kappa shape index (κ2) is 6.07. The van der Waals surface area contributed by atoms with Crippen molar-refractivity contribution < 1.29 is 14.3 Å². The van der Waals surface area contributed by atoms with Crippen molar-refractivity contribution >= 4 is 11.9 Å². The van der Waals surface area contributed by atoms with Gasteiger partial charge < -0.3 is 9.64 Å². The van der Waals surface area contributed by atoms with E-state index in [0.29, 0.717) is 11.3 Å². The van der Waals surface area contributed by atoms with Gasteiger partial charge in [0.2, 0.25) is 0 Å². The Bertz CT molecular complexity index is 504. The maximum Gasteiger partial charge on any atom is 0.325 e. The largest absolute Gasteiger partial charge is 0.468 e. The molecule has 0 unspecified atom stereocenters. The first kappa shape index (κ1) is 14.6. The van der Waals surface area contributed by atoms with E-state index in [-0.39, 0.29) is 24.5 Å². The molecule has 1 aromatic heterocycles. The van der Waals surface area contributed by atoms with Gasteiger partial charge in [-0.1, -0.05) is 12.8 Å². The zero-order chi connectivity index (χ0) is 14.7. The minimum atomic E-state index is -0.383. The van der Waals surface area contributed by atoms with Gasteiger partial charge in [0.1, 0.15) is 6.54 Å². The molecule has 0 saturated heterocycles. The molecule has 1 aromatic rings. The molecular weight excluding hydrogens is 258 g/mol. The summed E-state index contributed by atoms with van der Waals surface area (Å²) in [7, 11) is 3.12. The molecule has 110 valence electrons. The summed E-state index contributed by atoms with van der Waals surface area (Å²) in [4.78, 5) is 25.9. The van der Waals surface area contributed by atoms with E-state index in [1.165, 1.54) is 7.11 Å². The molecule has 0 bridgehead atoms. The Labute approximate surface area is 118 Å². The summed E-state index contributed by atoms with van der Waals surface area (Å²) in [6.07, 6.45) is 5.80. The predicted octanol–water partition coefficient (Wildman–Crippen LogP) is 1.29. The van der Waals surface area contributed by atoms with Crippen LogP contribution in [0.1, 0.15) is 41.7 Å². The first-order valence-electron chi connectivity index (χ1n) is 6.91. The molecule has 0 radical (unpaired) electrons. The van der Waals surface area contributed by atoms with Gasteiger partial charge in [0, 0.05) is 19.3 Å². The van der Waals surface area contributed by atoms with E-state index in [9.17, 15) is 9.59 Å². The van der Waals surface area contributed by atoms with Crippen LogP contribution in [0, 0.1) is 6.92 Å². The quantitative estimate of drug-likeness (QED) is 0.779. The summed E-state index contributed by atoms with van der Waals surface area (Å²) in [6, 6.07) is 0.126. The fourth-order valence-corrected chi connectivity index (χ4v) is 2.75. The number of nitrogens with zero attached hydrogens (tertiary/aromatic N) is 3. The lowest BCUT2D eigenvalue weighted by molar-refractivity contribution is -0.141. The molecule has 6 heteroatoms. The van der Waals surface area contributed by atoms with Crippen LogP contribution < -0.4 is 0 Å². The summed E-state index contributed by atoms with van der Waals surface area (Å²) in [6.45, 7) is 1.81. The molecule has 1 aliphatic rings. The van der Waals surface area contributed by atoms with Gasteiger partial charge in [-0.15, -0.1) is 0 Å². The fraction of sp³-hybridized carbons (Fsp3) is 0.643. The van der Waals surface area contributed by atoms with Crippen LogP contribution in [0.3, 0.4) is 0 Å². The SMILES string of the molecule is COC(=O)CN(C(=O)c1cn(C)nc1C)C1CCCC1. The molecule has 1 heterocycles. The second-order valence-electron chi connectivity index (χ2n) is 5.25. The van der Waals surface area contributed by atoms with Gasteiger partial charge in [-0.3, -0.25) is 14.3 Å². The molecule has 1 fully saturated rings. The molecule has 6 nitrogen and oxygen atoms in total. The second-order valence-corrected chi connectivity index (χ2v) is 5.25. The van der Waals surface area contributed by atoms with Gasteiger partial charge in [0.25, 0.3) is 5.91 Å². The van der Waals surface area contributed by atoms with E-state index in [1.54, 1.807) is 29.7 Å². The summed E-state index contributed by atoms with van der Waals surface area (Å²) in [5, 5.41) is 4.19. The van der Waals surface area contributed by atoms with Gasteiger partial charge in [-0.2, -0.15) is 5.10 Å². The minimum absolute atomic E-state index is 0.00827. The van der Waals surface area contributed by atoms with Crippen molar-refractivity contribution in [2.24, 2.45) is 7.05 Å². The third-order valence-electron chi connectivity index (χ3n) is 3.80. The van der Waals surface area contributed by atoms with Crippen molar-refractivity contribution in [3.05, 3.63) is 17.5 Å². The number of carbonyl (C=O) groups is 2. The highest BCUT2D eigenvalue weighted by atomic mass is 16.5. The summed E-state index contributed by atoms with van der Waals surface area (Å²) >= 11 is 0. The van der Waals surface area contributed by atoms with E-state index in [1.807, 2.05) is 0 Å². The van der Waals surface area contributed by atoms with E-state index in [4.69, 9.17) is 4.74 Å². The van der Waals surface area contributed by atoms with Gasteiger partial charge in [-0.25, -0.2) is 0 Å². The number of ether oxygens (including phenoxy) is 1. The van der Waals surface area contributed by atoms with E-state index in [2.05, 4.69) is 5.10 Å². The van der Waals surface area contributed by atoms with Gasteiger partial charge in [0.05, 0.1) is 18.4 Å². The normalized spacial score (nSPS) is 15.3. The third-order valence-corrected chi connectivity index (χ3v) is 3.80. The van der Waals surface area contributed by atoms with Crippen LogP contribution in [0.5, 0.6) is 0 Å². The van der Waals surface area contributed by atoms with Crippen molar-refractivity contribution in [3.8, 4) is 0 Å². The summed E-state index contributed by atoms with van der Waals surface area (Å²) in [5.41, 5.74) is 1.24.